The number of carbonyl (C=O) groups is 1. The van der Waals surface area contributed by atoms with Crippen LogP contribution in [0.4, 0.5) is 0 Å². The van der Waals surface area contributed by atoms with Crippen LogP contribution in [0.5, 0.6) is 0 Å². The fourth-order valence-electron chi connectivity index (χ4n) is 1.99. The van der Waals surface area contributed by atoms with Gasteiger partial charge in [-0.1, -0.05) is 11.8 Å². The smallest absolute Gasteiger partial charge is 0.233 e. The molecule has 1 amide bonds. The topological polar surface area (TPSA) is 93.9 Å². The van der Waals surface area contributed by atoms with Crippen molar-refractivity contribution >= 4 is 27.5 Å². The Bertz CT molecular complexity index is 584. The van der Waals surface area contributed by atoms with Crippen LogP contribution < -0.4 is 5.32 Å². The van der Waals surface area contributed by atoms with E-state index in [1.165, 1.54) is 11.8 Å². The average molecular weight is 318 g/mol. The third-order valence-electron chi connectivity index (χ3n) is 3.15. The number of rotatable bonds is 5. The average Bonchev–Trinajstić information content (AvgIpc) is 2.95. The number of hydrogen-bond acceptors (Lipinski definition) is 6. The summed E-state index contributed by atoms with van der Waals surface area (Å²) in [4.78, 5) is 12.1. The van der Waals surface area contributed by atoms with E-state index in [0.717, 1.165) is 6.54 Å². The molecule has 2 heterocycles. The minimum absolute atomic E-state index is 0.0429. The first-order chi connectivity index (χ1) is 9.41. The molecule has 7 nitrogen and oxygen atoms in total. The number of nitrogens with one attached hydrogen (secondary N) is 1. The van der Waals surface area contributed by atoms with Crippen LogP contribution in [-0.2, 0) is 21.2 Å². The van der Waals surface area contributed by atoms with E-state index >= 15 is 0 Å². The summed E-state index contributed by atoms with van der Waals surface area (Å²) in [6, 6.07) is -0.264. The van der Waals surface area contributed by atoms with Crippen LogP contribution in [0.1, 0.15) is 20.3 Å². The normalized spacial score (nSPS) is 22.6. The number of aromatic nitrogens is 3. The van der Waals surface area contributed by atoms with Crippen molar-refractivity contribution in [2.24, 2.45) is 0 Å². The molecule has 0 bridgehead atoms. The minimum atomic E-state index is -2.98. The third-order valence-corrected chi connectivity index (χ3v) is 6.01. The number of hydrogen-bond donors (Lipinski definition) is 1. The predicted octanol–water partition coefficient (Wildman–Crippen LogP) is 0.0819. The number of nitrogens with zero attached hydrogens (tertiary/aromatic N) is 3. The molecule has 0 aromatic carbocycles. The lowest BCUT2D eigenvalue weighted by Crippen LogP contribution is -2.40. The molecule has 1 aromatic heterocycles. The zero-order valence-electron chi connectivity index (χ0n) is 11.4. The van der Waals surface area contributed by atoms with E-state index in [1.807, 2.05) is 11.5 Å². The molecular weight excluding hydrogens is 300 g/mol. The summed E-state index contributed by atoms with van der Waals surface area (Å²) in [6.45, 7) is 4.49. The van der Waals surface area contributed by atoms with Gasteiger partial charge in [0.15, 0.2) is 15.0 Å². The maximum atomic E-state index is 12.1. The molecule has 112 valence electrons. The highest BCUT2D eigenvalue weighted by Crippen LogP contribution is 2.21. The molecule has 20 heavy (non-hydrogen) atoms. The van der Waals surface area contributed by atoms with E-state index in [4.69, 9.17) is 0 Å². The molecule has 1 aromatic rings. The summed E-state index contributed by atoms with van der Waals surface area (Å²) in [7, 11) is -2.98. The quantitative estimate of drug-likeness (QED) is 0.773. The van der Waals surface area contributed by atoms with E-state index in [2.05, 4.69) is 15.5 Å². The van der Waals surface area contributed by atoms with Crippen LogP contribution in [-0.4, -0.2) is 51.9 Å². The van der Waals surface area contributed by atoms with Crippen LogP contribution in [0, 0.1) is 0 Å². The van der Waals surface area contributed by atoms with Crippen molar-refractivity contribution in [3.63, 3.8) is 0 Å². The van der Waals surface area contributed by atoms with Gasteiger partial charge in [0.1, 0.15) is 6.33 Å². The van der Waals surface area contributed by atoms with Gasteiger partial charge in [-0.15, -0.1) is 10.2 Å². The zero-order chi connectivity index (χ0) is 14.8. The molecule has 1 aliphatic rings. The Morgan fingerprint density at radius 1 is 1.65 bits per heavy atom. The summed E-state index contributed by atoms with van der Waals surface area (Å²) in [5.41, 5.74) is 0. The van der Waals surface area contributed by atoms with Gasteiger partial charge in [-0.3, -0.25) is 4.79 Å². The lowest BCUT2D eigenvalue weighted by atomic mass is 10.2. The van der Waals surface area contributed by atoms with Gasteiger partial charge in [0.05, 0.1) is 16.8 Å². The molecule has 2 rings (SSSR count). The summed E-state index contributed by atoms with van der Waals surface area (Å²) in [5, 5.41) is 10.9. The Morgan fingerprint density at radius 3 is 3.00 bits per heavy atom. The Labute approximate surface area is 122 Å². The summed E-state index contributed by atoms with van der Waals surface area (Å²) >= 11 is 1.32. The molecule has 2 atom stereocenters. The monoisotopic (exact) mass is 318 g/mol. The zero-order valence-corrected chi connectivity index (χ0v) is 13.1. The van der Waals surface area contributed by atoms with Gasteiger partial charge in [-0.2, -0.15) is 0 Å². The number of thioether (sulfide) groups is 1. The van der Waals surface area contributed by atoms with Crippen LogP contribution in [0.3, 0.4) is 0 Å². The standard InChI is InChI=1S/C11H18N4O3S2/c1-3-15-7-12-14-11(15)19-8(2)10(16)13-9-4-5-20(17,18)6-9/h7-9H,3-6H2,1-2H3,(H,13,16)/t8-,9-/m0/s1. The van der Waals surface area contributed by atoms with Crippen molar-refractivity contribution in [3.8, 4) is 0 Å². The predicted molar refractivity (Wildman–Crippen MR) is 76.2 cm³/mol. The second-order valence-electron chi connectivity index (χ2n) is 4.77. The van der Waals surface area contributed by atoms with E-state index in [0.29, 0.717) is 11.6 Å². The van der Waals surface area contributed by atoms with E-state index in [9.17, 15) is 13.2 Å². The maximum absolute atomic E-state index is 12.1. The first kappa shape index (κ1) is 15.3. The molecule has 1 aliphatic heterocycles. The van der Waals surface area contributed by atoms with Crippen molar-refractivity contribution in [2.75, 3.05) is 11.5 Å². The van der Waals surface area contributed by atoms with Crippen LogP contribution in [0.2, 0.25) is 0 Å². The van der Waals surface area contributed by atoms with Crippen molar-refractivity contribution < 1.29 is 13.2 Å². The molecule has 1 fully saturated rings. The molecule has 0 radical (unpaired) electrons. The molecule has 0 saturated carbocycles. The van der Waals surface area contributed by atoms with E-state index in [1.54, 1.807) is 13.3 Å². The lowest BCUT2D eigenvalue weighted by Gasteiger charge is -2.15. The lowest BCUT2D eigenvalue weighted by molar-refractivity contribution is -0.120. The van der Waals surface area contributed by atoms with Crippen LogP contribution in [0.25, 0.3) is 0 Å². The highest BCUT2D eigenvalue weighted by molar-refractivity contribution is 8.00. The van der Waals surface area contributed by atoms with Gasteiger partial charge in [0.2, 0.25) is 5.91 Å². The Hall–Kier alpha value is -1.09. The minimum Gasteiger partial charge on any atom is -0.351 e. The molecule has 1 N–H and O–H groups in total. The highest BCUT2D eigenvalue weighted by atomic mass is 32.2. The largest absolute Gasteiger partial charge is 0.351 e. The third kappa shape index (κ3) is 3.72. The summed E-state index contributed by atoms with van der Waals surface area (Å²) < 4.78 is 24.6. The number of sulfone groups is 1. The Balaban J connectivity index is 1.89. The number of carbonyl (C=O) groups excluding carboxylic acids is 1. The summed E-state index contributed by atoms with van der Waals surface area (Å²) in [5.74, 6) is 0.0352. The molecule has 0 unspecified atom stereocenters. The number of amides is 1. The van der Waals surface area contributed by atoms with E-state index < -0.39 is 9.84 Å². The SMILES string of the molecule is CCn1cnnc1S[C@@H](C)C(=O)N[C@H]1CCS(=O)(=O)C1. The second kappa shape index (κ2) is 6.13. The van der Waals surface area contributed by atoms with Gasteiger partial charge in [-0.25, -0.2) is 8.42 Å². The molecular formula is C11H18N4O3S2. The van der Waals surface area contributed by atoms with Gasteiger partial charge in [-0.05, 0) is 20.3 Å². The fourth-order valence-corrected chi connectivity index (χ4v) is 4.56. The van der Waals surface area contributed by atoms with Crippen molar-refractivity contribution in [3.05, 3.63) is 6.33 Å². The van der Waals surface area contributed by atoms with Gasteiger partial charge < -0.3 is 9.88 Å². The van der Waals surface area contributed by atoms with Gasteiger partial charge in [0, 0.05) is 12.6 Å². The fraction of sp³-hybridized carbons (Fsp3) is 0.727. The van der Waals surface area contributed by atoms with Crippen LogP contribution in [0.15, 0.2) is 11.5 Å². The second-order valence-corrected chi connectivity index (χ2v) is 8.30. The molecule has 0 spiro atoms. The number of aryl methyl sites for hydroxylation is 1. The Kier molecular flexibility index (Phi) is 4.69. The van der Waals surface area contributed by atoms with Crippen molar-refractivity contribution in [1.29, 1.82) is 0 Å². The van der Waals surface area contributed by atoms with E-state index in [-0.39, 0.29) is 28.7 Å². The summed E-state index contributed by atoms with van der Waals surface area (Å²) in [6.07, 6.45) is 2.12. The van der Waals surface area contributed by atoms with Gasteiger partial charge >= 0.3 is 0 Å². The molecule has 0 aliphatic carbocycles. The highest BCUT2D eigenvalue weighted by Gasteiger charge is 2.30. The Morgan fingerprint density at radius 2 is 2.40 bits per heavy atom. The molecule has 1 saturated heterocycles. The first-order valence-corrected chi connectivity index (χ1v) is 9.16. The maximum Gasteiger partial charge on any atom is 0.233 e. The first-order valence-electron chi connectivity index (χ1n) is 6.46. The molecule has 9 heteroatoms. The van der Waals surface area contributed by atoms with Crippen molar-refractivity contribution in [1.82, 2.24) is 20.1 Å². The van der Waals surface area contributed by atoms with Crippen molar-refractivity contribution in [2.45, 2.75) is 43.3 Å². The van der Waals surface area contributed by atoms with Crippen LogP contribution >= 0.6 is 11.8 Å². The van der Waals surface area contributed by atoms with Gasteiger partial charge in [0.25, 0.3) is 0 Å².